The fourth-order valence-electron chi connectivity index (χ4n) is 5.74. The summed E-state index contributed by atoms with van der Waals surface area (Å²) in [5, 5.41) is 39.6. The van der Waals surface area contributed by atoms with Gasteiger partial charge >= 0.3 is 8.32 Å². The summed E-state index contributed by atoms with van der Waals surface area (Å²) in [4.78, 5) is 0. The summed E-state index contributed by atoms with van der Waals surface area (Å²) in [5.74, 6) is 2.94. The van der Waals surface area contributed by atoms with Crippen LogP contribution in [0.1, 0.15) is 26.3 Å². The van der Waals surface area contributed by atoms with Gasteiger partial charge in [0, 0.05) is 54.6 Å². The van der Waals surface area contributed by atoms with Crippen molar-refractivity contribution in [2.24, 2.45) is 0 Å². The second-order valence-electron chi connectivity index (χ2n) is 13.2. The number of phenols is 4. The summed E-state index contributed by atoms with van der Waals surface area (Å²) in [6, 6.07) is 44.5. The van der Waals surface area contributed by atoms with Crippen LogP contribution in [0.4, 0.5) is 0 Å². The quantitative estimate of drug-likeness (QED) is 0.0800. The average molecular weight is 761 g/mol. The highest BCUT2D eigenvalue weighted by molar-refractivity contribution is 7.00. The Morgan fingerprint density at radius 3 is 1.25 bits per heavy atom. The van der Waals surface area contributed by atoms with Crippen LogP contribution in [0.25, 0.3) is 6.08 Å². The maximum Gasteiger partial charge on any atom is 0.319 e. The summed E-state index contributed by atoms with van der Waals surface area (Å²) >= 11 is 0. The number of methoxy groups -OCH3 is 3. The van der Waals surface area contributed by atoms with E-state index < -0.39 is 8.32 Å². The van der Waals surface area contributed by atoms with E-state index in [1.807, 2.05) is 54.6 Å². The van der Waals surface area contributed by atoms with Crippen LogP contribution in [-0.4, -0.2) is 50.1 Å². The lowest BCUT2D eigenvalue weighted by molar-refractivity contribution is 0.398. The molecule has 0 bridgehead atoms. The van der Waals surface area contributed by atoms with Gasteiger partial charge in [0.05, 0.1) is 27.6 Å². The summed E-state index contributed by atoms with van der Waals surface area (Å²) in [6.45, 7) is 6.66. The summed E-state index contributed by atoms with van der Waals surface area (Å²) in [7, 11) is 1.88. The molecular weight excluding hydrogens is 713 g/mol. The average Bonchev–Trinajstić information content (AvgIpc) is 3.17. The van der Waals surface area contributed by atoms with Crippen molar-refractivity contribution in [2.75, 3.05) is 21.3 Å². The molecule has 4 N–H and O–H groups in total. The molecule has 9 nitrogen and oxygen atoms in total. The monoisotopic (exact) mass is 760 g/mol. The van der Waals surface area contributed by atoms with E-state index in [0.29, 0.717) is 28.7 Å². The standard InChI is InChI=1S/C23H26O3Si.C15H14O3.C7H8O3/c1-23(2,3)27(21-11-7-5-8-12-21,22-13-9-6-10-14-22)26-20-16-18(24)15-19(17-20)25-4;1-17-14-9-13(16)10-15(11-14)18-8-7-12-5-3-2-4-6-12;1-10-7-3-5(8)2-6(9)4-7/h5-17,24H,1-4H3;2-11,16H,1H3;2-4,8-9H,1H3/b;8-7+;. The van der Waals surface area contributed by atoms with E-state index in [0.717, 1.165) is 5.56 Å². The molecule has 286 valence electrons. The SMILES string of the molecule is COc1cc(O)cc(O)c1.COc1cc(O)cc(O/C=C/c2ccccc2)c1.COc1cc(O)cc(O[Si](c2ccccc2)(c2ccccc2)C(C)(C)C)c1. The smallest absolute Gasteiger partial charge is 0.319 e. The summed E-state index contributed by atoms with van der Waals surface area (Å²) in [6.07, 6.45) is 3.42. The van der Waals surface area contributed by atoms with Crippen molar-refractivity contribution < 1.29 is 43.8 Å². The Hall–Kier alpha value is -6.52. The zero-order chi connectivity index (χ0) is 39.8. The Morgan fingerprint density at radius 1 is 0.455 bits per heavy atom. The number of rotatable bonds is 10. The van der Waals surface area contributed by atoms with Crippen LogP contribution >= 0.6 is 0 Å². The first kappa shape index (κ1) is 41.2. The minimum atomic E-state index is -2.72. The Morgan fingerprint density at radius 2 is 0.818 bits per heavy atom. The van der Waals surface area contributed by atoms with Gasteiger partial charge in [0.1, 0.15) is 51.7 Å². The summed E-state index contributed by atoms with van der Waals surface area (Å²) in [5.41, 5.74) is 1.05. The zero-order valence-corrected chi connectivity index (χ0v) is 32.8. The lowest BCUT2D eigenvalue weighted by Crippen LogP contribution is -2.68. The Kier molecular flexibility index (Phi) is 14.6. The van der Waals surface area contributed by atoms with Crippen molar-refractivity contribution in [3.05, 3.63) is 157 Å². The second-order valence-corrected chi connectivity index (χ2v) is 17.4. The minimum absolute atomic E-state index is 0.00292. The molecule has 0 saturated heterocycles. The number of hydrogen-bond donors (Lipinski definition) is 4. The van der Waals surface area contributed by atoms with Crippen LogP contribution in [-0.2, 0) is 0 Å². The van der Waals surface area contributed by atoms with E-state index in [2.05, 4.69) is 69.3 Å². The van der Waals surface area contributed by atoms with E-state index in [1.54, 1.807) is 38.7 Å². The molecule has 6 aromatic carbocycles. The third-order valence-corrected chi connectivity index (χ3v) is 13.2. The molecule has 0 heterocycles. The lowest BCUT2D eigenvalue weighted by atomic mass is 10.2. The first-order valence-electron chi connectivity index (χ1n) is 17.4. The number of ether oxygens (including phenoxy) is 4. The minimum Gasteiger partial charge on any atom is -0.534 e. The van der Waals surface area contributed by atoms with Crippen molar-refractivity contribution in [3.63, 3.8) is 0 Å². The molecule has 0 spiro atoms. The molecule has 55 heavy (non-hydrogen) atoms. The molecule has 0 radical (unpaired) electrons. The maximum atomic E-state index is 10.1. The topological polar surface area (TPSA) is 127 Å². The molecule has 0 unspecified atom stereocenters. The normalized spacial score (nSPS) is 10.9. The largest absolute Gasteiger partial charge is 0.534 e. The van der Waals surface area contributed by atoms with Crippen molar-refractivity contribution in [1.82, 2.24) is 0 Å². The van der Waals surface area contributed by atoms with Gasteiger partial charge in [-0.25, -0.2) is 0 Å². The molecule has 0 aromatic heterocycles. The van der Waals surface area contributed by atoms with Gasteiger partial charge in [-0.1, -0.05) is 112 Å². The van der Waals surface area contributed by atoms with Gasteiger partial charge < -0.3 is 43.8 Å². The molecule has 0 fully saturated rings. The highest BCUT2D eigenvalue weighted by Crippen LogP contribution is 2.39. The molecule has 0 amide bonds. The van der Waals surface area contributed by atoms with E-state index in [-0.39, 0.29) is 28.0 Å². The van der Waals surface area contributed by atoms with Crippen LogP contribution in [0.3, 0.4) is 0 Å². The van der Waals surface area contributed by atoms with Crippen LogP contribution < -0.4 is 33.7 Å². The molecule has 0 aliphatic rings. The zero-order valence-electron chi connectivity index (χ0n) is 31.8. The molecule has 0 atom stereocenters. The van der Waals surface area contributed by atoms with Crippen LogP contribution in [0, 0.1) is 0 Å². The molecule has 0 saturated carbocycles. The molecule has 0 aliphatic heterocycles. The number of aromatic hydroxyl groups is 4. The van der Waals surface area contributed by atoms with E-state index in [4.69, 9.17) is 33.6 Å². The molecule has 6 aromatic rings. The Balaban J connectivity index is 0.000000205. The van der Waals surface area contributed by atoms with Crippen LogP contribution in [0.2, 0.25) is 5.04 Å². The molecule has 6 rings (SSSR count). The van der Waals surface area contributed by atoms with E-state index >= 15 is 0 Å². The predicted molar refractivity (Wildman–Crippen MR) is 220 cm³/mol. The van der Waals surface area contributed by atoms with Gasteiger partial charge in [0.15, 0.2) is 0 Å². The summed E-state index contributed by atoms with van der Waals surface area (Å²) < 4.78 is 27.4. The van der Waals surface area contributed by atoms with Crippen molar-refractivity contribution in [1.29, 1.82) is 0 Å². The second kappa shape index (κ2) is 19.5. The maximum absolute atomic E-state index is 10.1. The van der Waals surface area contributed by atoms with Crippen molar-refractivity contribution >= 4 is 24.8 Å². The first-order chi connectivity index (χ1) is 26.4. The van der Waals surface area contributed by atoms with Gasteiger partial charge in [-0.15, -0.1) is 0 Å². The highest BCUT2D eigenvalue weighted by atomic mass is 28.4. The fourth-order valence-corrected chi connectivity index (χ4v) is 10.1. The number of phenolic OH excluding ortho intramolecular Hbond substituents is 4. The highest BCUT2D eigenvalue weighted by Gasteiger charge is 2.52. The Labute approximate surface area is 324 Å². The van der Waals surface area contributed by atoms with Crippen LogP contribution in [0.15, 0.2) is 152 Å². The third kappa shape index (κ3) is 11.7. The predicted octanol–water partition coefficient (Wildman–Crippen LogP) is 8.90. The molecular formula is C45H48O9Si. The van der Waals surface area contributed by atoms with Gasteiger partial charge in [0.2, 0.25) is 0 Å². The van der Waals surface area contributed by atoms with Gasteiger partial charge in [-0.3, -0.25) is 0 Å². The third-order valence-electron chi connectivity index (χ3n) is 8.26. The van der Waals surface area contributed by atoms with Gasteiger partial charge in [-0.2, -0.15) is 0 Å². The Bertz CT molecular complexity index is 2040. The molecule has 0 aliphatic carbocycles. The van der Waals surface area contributed by atoms with Crippen molar-refractivity contribution in [2.45, 2.75) is 25.8 Å². The van der Waals surface area contributed by atoms with Crippen LogP contribution in [0.5, 0.6) is 51.7 Å². The van der Waals surface area contributed by atoms with E-state index in [9.17, 15) is 10.2 Å². The number of benzene rings is 6. The first-order valence-corrected chi connectivity index (χ1v) is 19.3. The fraction of sp³-hybridized carbons (Fsp3) is 0.156. The van der Waals surface area contributed by atoms with Crippen molar-refractivity contribution in [3.8, 4) is 51.7 Å². The van der Waals surface area contributed by atoms with Gasteiger partial charge in [0.25, 0.3) is 0 Å². The van der Waals surface area contributed by atoms with E-state index in [1.165, 1.54) is 47.8 Å². The van der Waals surface area contributed by atoms with Gasteiger partial charge in [-0.05, 0) is 27.1 Å². The number of hydrogen-bond acceptors (Lipinski definition) is 9. The lowest BCUT2D eigenvalue weighted by Gasteiger charge is -2.43. The molecule has 10 heteroatoms.